The molecule has 1 fully saturated rings. The topological polar surface area (TPSA) is 79.5 Å². The van der Waals surface area contributed by atoms with Gasteiger partial charge >= 0.3 is 0 Å². The summed E-state index contributed by atoms with van der Waals surface area (Å²) in [6, 6.07) is 0. The standard InChI is InChI=1S/C12H19NO4S/c1-7-4-10(7)5-13-18(15,16)12-9(3)17-8(2)11(12)6-14/h7,10,13-14H,4-6H2,1-3H3. The van der Waals surface area contributed by atoms with Gasteiger partial charge in [-0.05, 0) is 32.1 Å². The van der Waals surface area contributed by atoms with E-state index < -0.39 is 10.0 Å². The van der Waals surface area contributed by atoms with Crippen LogP contribution < -0.4 is 4.72 Å². The smallest absolute Gasteiger partial charge is 0.244 e. The third kappa shape index (κ3) is 2.46. The zero-order chi connectivity index (χ0) is 13.5. The average Bonchev–Trinajstić information content (AvgIpc) is 2.89. The molecule has 1 aliphatic carbocycles. The van der Waals surface area contributed by atoms with Gasteiger partial charge in [-0.25, -0.2) is 13.1 Å². The van der Waals surface area contributed by atoms with Gasteiger partial charge in [-0.2, -0.15) is 0 Å². The number of aliphatic hydroxyl groups excluding tert-OH is 1. The lowest BCUT2D eigenvalue weighted by molar-refractivity contribution is 0.276. The summed E-state index contributed by atoms with van der Waals surface area (Å²) in [6.45, 7) is 5.48. The summed E-state index contributed by atoms with van der Waals surface area (Å²) >= 11 is 0. The number of furan rings is 1. The number of rotatable bonds is 5. The van der Waals surface area contributed by atoms with Crippen LogP contribution in [0.25, 0.3) is 0 Å². The molecular weight excluding hydrogens is 254 g/mol. The Balaban J connectivity index is 2.23. The van der Waals surface area contributed by atoms with Crippen molar-refractivity contribution in [2.24, 2.45) is 11.8 Å². The van der Waals surface area contributed by atoms with Crippen molar-refractivity contribution in [1.82, 2.24) is 4.72 Å². The van der Waals surface area contributed by atoms with E-state index in [1.807, 2.05) is 0 Å². The first-order valence-corrected chi connectivity index (χ1v) is 7.54. The van der Waals surface area contributed by atoms with Gasteiger partial charge in [0.15, 0.2) is 0 Å². The molecule has 1 saturated carbocycles. The normalized spacial score (nSPS) is 23.3. The van der Waals surface area contributed by atoms with Crippen LogP contribution in [-0.2, 0) is 16.6 Å². The summed E-state index contributed by atoms with van der Waals surface area (Å²) in [5, 5.41) is 9.26. The first-order chi connectivity index (χ1) is 8.36. The number of nitrogens with one attached hydrogen (secondary N) is 1. The SMILES string of the molecule is Cc1oc(C)c(S(=O)(=O)NCC2CC2C)c1CO. The average molecular weight is 273 g/mol. The van der Waals surface area contributed by atoms with Gasteiger partial charge in [-0.15, -0.1) is 0 Å². The van der Waals surface area contributed by atoms with E-state index >= 15 is 0 Å². The van der Waals surface area contributed by atoms with Gasteiger partial charge in [0.25, 0.3) is 0 Å². The van der Waals surface area contributed by atoms with Crippen molar-refractivity contribution in [2.45, 2.75) is 38.7 Å². The molecule has 0 spiro atoms. The molecule has 0 radical (unpaired) electrons. The predicted molar refractivity (Wildman–Crippen MR) is 66.6 cm³/mol. The molecule has 0 aliphatic heterocycles. The van der Waals surface area contributed by atoms with Crippen LogP contribution in [0.4, 0.5) is 0 Å². The molecule has 2 N–H and O–H groups in total. The van der Waals surface area contributed by atoms with Crippen molar-refractivity contribution in [1.29, 1.82) is 0 Å². The van der Waals surface area contributed by atoms with E-state index in [4.69, 9.17) is 4.42 Å². The van der Waals surface area contributed by atoms with E-state index in [9.17, 15) is 13.5 Å². The van der Waals surface area contributed by atoms with Crippen LogP contribution in [0.1, 0.15) is 30.4 Å². The van der Waals surface area contributed by atoms with E-state index in [2.05, 4.69) is 11.6 Å². The van der Waals surface area contributed by atoms with Gasteiger partial charge < -0.3 is 9.52 Å². The summed E-state index contributed by atoms with van der Waals surface area (Å²) in [4.78, 5) is 0.0933. The molecule has 6 heteroatoms. The fraction of sp³-hybridized carbons (Fsp3) is 0.667. The van der Waals surface area contributed by atoms with Crippen LogP contribution in [0.2, 0.25) is 0 Å². The van der Waals surface area contributed by atoms with Crippen molar-refractivity contribution in [2.75, 3.05) is 6.54 Å². The molecule has 0 amide bonds. The molecule has 1 aliphatic rings. The summed E-state index contributed by atoms with van der Waals surface area (Å²) < 4.78 is 32.3. The van der Waals surface area contributed by atoms with E-state index in [0.29, 0.717) is 35.5 Å². The Hall–Kier alpha value is -0.850. The summed E-state index contributed by atoms with van der Waals surface area (Å²) in [7, 11) is -3.60. The number of aryl methyl sites for hydroxylation is 2. The van der Waals surface area contributed by atoms with Crippen LogP contribution in [0.5, 0.6) is 0 Å². The minimum atomic E-state index is -3.60. The molecule has 1 aromatic rings. The highest BCUT2D eigenvalue weighted by Crippen LogP contribution is 2.37. The lowest BCUT2D eigenvalue weighted by atomic mass is 10.2. The van der Waals surface area contributed by atoms with Gasteiger partial charge in [-0.3, -0.25) is 0 Å². The Morgan fingerprint density at radius 2 is 2.00 bits per heavy atom. The Morgan fingerprint density at radius 3 is 2.50 bits per heavy atom. The molecule has 5 nitrogen and oxygen atoms in total. The van der Waals surface area contributed by atoms with Crippen molar-refractivity contribution in [3.05, 3.63) is 17.1 Å². The van der Waals surface area contributed by atoms with Crippen LogP contribution in [0.15, 0.2) is 9.31 Å². The Morgan fingerprint density at radius 1 is 1.39 bits per heavy atom. The van der Waals surface area contributed by atoms with Crippen molar-refractivity contribution in [3.63, 3.8) is 0 Å². The fourth-order valence-electron chi connectivity index (χ4n) is 2.22. The minimum Gasteiger partial charge on any atom is -0.465 e. The second kappa shape index (κ2) is 4.68. The molecule has 2 atom stereocenters. The Kier molecular flexibility index (Phi) is 3.53. The maximum absolute atomic E-state index is 12.2. The van der Waals surface area contributed by atoms with Crippen LogP contribution in [0.3, 0.4) is 0 Å². The first-order valence-electron chi connectivity index (χ1n) is 6.06. The van der Waals surface area contributed by atoms with Gasteiger partial charge in [0.2, 0.25) is 10.0 Å². The zero-order valence-electron chi connectivity index (χ0n) is 10.9. The zero-order valence-corrected chi connectivity index (χ0v) is 11.7. The monoisotopic (exact) mass is 273 g/mol. The van der Waals surface area contributed by atoms with Gasteiger partial charge in [-0.1, -0.05) is 6.92 Å². The van der Waals surface area contributed by atoms with E-state index in [1.54, 1.807) is 13.8 Å². The maximum atomic E-state index is 12.2. The highest BCUT2D eigenvalue weighted by Gasteiger charge is 2.34. The van der Waals surface area contributed by atoms with Crippen molar-refractivity contribution >= 4 is 10.0 Å². The lowest BCUT2D eigenvalue weighted by Gasteiger charge is -2.07. The van der Waals surface area contributed by atoms with Crippen LogP contribution in [-0.4, -0.2) is 20.1 Å². The van der Waals surface area contributed by atoms with Crippen molar-refractivity contribution in [3.8, 4) is 0 Å². The third-order valence-electron chi connectivity index (χ3n) is 3.56. The van der Waals surface area contributed by atoms with Gasteiger partial charge in [0.05, 0.1) is 6.61 Å². The second-order valence-electron chi connectivity index (χ2n) is 5.01. The van der Waals surface area contributed by atoms with E-state index in [-0.39, 0.29) is 11.5 Å². The fourth-order valence-corrected chi connectivity index (χ4v) is 3.75. The van der Waals surface area contributed by atoms with E-state index in [0.717, 1.165) is 6.42 Å². The Labute approximate surface area is 107 Å². The minimum absolute atomic E-state index is 0.0933. The predicted octanol–water partition coefficient (Wildman–Crippen LogP) is 1.32. The number of sulfonamides is 1. The van der Waals surface area contributed by atoms with Crippen LogP contribution >= 0.6 is 0 Å². The second-order valence-corrected chi connectivity index (χ2v) is 6.71. The van der Waals surface area contributed by atoms with Gasteiger partial charge in [0, 0.05) is 12.1 Å². The molecule has 18 heavy (non-hydrogen) atoms. The summed E-state index contributed by atoms with van der Waals surface area (Å²) in [5.41, 5.74) is 0.351. The van der Waals surface area contributed by atoms with E-state index in [1.165, 1.54) is 0 Å². The summed E-state index contributed by atoms with van der Waals surface area (Å²) in [5.74, 6) is 1.81. The van der Waals surface area contributed by atoms with Gasteiger partial charge in [0.1, 0.15) is 16.4 Å². The molecule has 102 valence electrons. The third-order valence-corrected chi connectivity index (χ3v) is 5.18. The molecule has 0 aromatic carbocycles. The molecular formula is C12H19NO4S. The first kappa shape index (κ1) is 13.6. The molecule has 1 heterocycles. The Bertz CT molecular complexity index is 547. The molecule has 0 saturated heterocycles. The highest BCUT2D eigenvalue weighted by molar-refractivity contribution is 7.89. The van der Waals surface area contributed by atoms with Crippen molar-refractivity contribution < 1.29 is 17.9 Å². The number of hydrogen-bond donors (Lipinski definition) is 2. The number of hydrogen-bond acceptors (Lipinski definition) is 4. The highest BCUT2D eigenvalue weighted by atomic mass is 32.2. The largest absolute Gasteiger partial charge is 0.465 e. The molecule has 1 aromatic heterocycles. The number of aliphatic hydroxyl groups is 1. The molecule has 2 rings (SSSR count). The lowest BCUT2D eigenvalue weighted by Crippen LogP contribution is -2.27. The molecule has 2 unspecified atom stereocenters. The summed E-state index contributed by atoms with van der Waals surface area (Å²) in [6.07, 6.45) is 1.07. The van der Waals surface area contributed by atoms with Crippen LogP contribution in [0, 0.1) is 25.7 Å². The quantitative estimate of drug-likeness (QED) is 0.848. The maximum Gasteiger partial charge on any atom is 0.244 e. The molecule has 0 bridgehead atoms.